The van der Waals surface area contributed by atoms with E-state index >= 15 is 0 Å². The van der Waals surface area contributed by atoms with Gasteiger partial charge in [-0.2, -0.15) is 5.10 Å². The predicted octanol–water partition coefficient (Wildman–Crippen LogP) is 2.93. The number of aliphatic carboxylic acids is 1. The van der Waals surface area contributed by atoms with E-state index in [9.17, 15) is 9.90 Å². The molecule has 3 aromatic rings. The van der Waals surface area contributed by atoms with Crippen LogP contribution in [-0.2, 0) is 20.8 Å². The number of pyridine rings is 1. The van der Waals surface area contributed by atoms with Crippen molar-refractivity contribution in [3.8, 4) is 0 Å². The first-order valence-corrected chi connectivity index (χ1v) is 11.7. The monoisotopic (exact) mass is 480 g/mol. The summed E-state index contributed by atoms with van der Waals surface area (Å²) in [6.07, 6.45) is 1.75. The van der Waals surface area contributed by atoms with Crippen molar-refractivity contribution in [2.24, 2.45) is 5.10 Å². The summed E-state index contributed by atoms with van der Waals surface area (Å²) in [4.78, 5) is 23.8. The highest BCUT2D eigenvalue weighted by molar-refractivity contribution is 6.00. The van der Waals surface area contributed by atoms with E-state index < -0.39 is 12.0 Å². The molecule has 186 valence electrons. The second-order valence-corrected chi connectivity index (χ2v) is 8.62. The number of hydrogen-bond acceptors (Lipinski definition) is 8. The molecule has 1 N–H and O–H groups in total. The zero-order chi connectivity index (χ0) is 24.9. The maximum atomic E-state index is 12.1. The third-order valence-electron chi connectivity index (χ3n) is 6.08. The number of morpholine rings is 1. The highest BCUT2D eigenvalue weighted by atomic mass is 16.5. The van der Waals surface area contributed by atoms with E-state index in [1.807, 2.05) is 48.7 Å². The molecule has 0 spiro atoms. The number of nitrogens with zero attached hydrogens (tertiary/aromatic N) is 6. The average Bonchev–Trinajstić information content (AvgIpc) is 3.28. The van der Waals surface area contributed by atoms with Gasteiger partial charge in [-0.25, -0.2) is 19.8 Å². The Morgan fingerprint density at radius 3 is 2.77 bits per heavy atom. The van der Waals surface area contributed by atoms with Crippen molar-refractivity contribution in [3.05, 3.63) is 47.8 Å². The normalized spacial score (nSPS) is 15.4. The van der Waals surface area contributed by atoms with E-state index in [0.717, 1.165) is 22.3 Å². The van der Waals surface area contributed by atoms with Gasteiger partial charge in [-0.05, 0) is 26.3 Å². The summed E-state index contributed by atoms with van der Waals surface area (Å²) >= 11 is 0. The minimum Gasteiger partial charge on any atom is -0.480 e. The van der Waals surface area contributed by atoms with Gasteiger partial charge in [0.15, 0.2) is 11.5 Å². The number of fused-ring (bicyclic) bond motifs is 1. The van der Waals surface area contributed by atoms with Crippen molar-refractivity contribution >= 4 is 34.4 Å². The van der Waals surface area contributed by atoms with Crippen LogP contribution in [0.1, 0.15) is 25.0 Å². The maximum absolute atomic E-state index is 12.1. The molecule has 1 saturated heterocycles. The lowest BCUT2D eigenvalue weighted by molar-refractivity contribution is -0.138. The van der Waals surface area contributed by atoms with Crippen molar-refractivity contribution in [1.29, 1.82) is 0 Å². The number of aryl methyl sites for hydroxylation is 1. The van der Waals surface area contributed by atoms with E-state index in [1.165, 1.54) is 5.01 Å². The molecule has 1 unspecified atom stereocenters. The van der Waals surface area contributed by atoms with Crippen LogP contribution in [0.3, 0.4) is 0 Å². The Balaban J connectivity index is 1.86. The van der Waals surface area contributed by atoms with Gasteiger partial charge in [0, 0.05) is 32.8 Å². The van der Waals surface area contributed by atoms with Crippen LogP contribution in [0, 0.1) is 6.92 Å². The van der Waals surface area contributed by atoms with Crippen molar-refractivity contribution in [2.75, 3.05) is 49.9 Å². The molecule has 0 aliphatic carbocycles. The summed E-state index contributed by atoms with van der Waals surface area (Å²) < 4.78 is 12.7. The number of carboxylic acids is 1. The molecule has 10 heteroatoms. The minimum absolute atomic E-state index is 0.445. The molecule has 2 aromatic heterocycles. The SMILES string of the molecule is COCCn1cnc2c(N3CCOCC3)cc(N(/N=C(\C)c3cccc(C)c3)C(C)C(=O)O)nc21. The first-order chi connectivity index (χ1) is 16.9. The van der Waals surface area contributed by atoms with Crippen molar-refractivity contribution in [1.82, 2.24) is 14.5 Å². The molecule has 1 aliphatic heterocycles. The molecule has 0 radical (unpaired) electrons. The predicted molar refractivity (Wildman–Crippen MR) is 135 cm³/mol. The Morgan fingerprint density at radius 2 is 2.09 bits per heavy atom. The first-order valence-electron chi connectivity index (χ1n) is 11.7. The Kier molecular flexibility index (Phi) is 7.62. The third-order valence-corrected chi connectivity index (χ3v) is 6.08. The number of anilines is 2. The molecule has 3 heterocycles. The quantitative estimate of drug-likeness (QED) is 0.368. The van der Waals surface area contributed by atoms with E-state index in [2.05, 4.69) is 9.88 Å². The van der Waals surface area contributed by atoms with Crippen LogP contribution in [-0.4, -0.2) is 77.4 Å². The van der Waals surface area contributed by atoms with Crippen LogP contribution in [0.5, 0.6) is 0 Å². The van der Waals surface area contributed by atoms with Gasteiger partial charge in [-0.3, -0.25) is 0 Å². The van der Waals surface area contributed by atoms with E-state index in [0.29, 0.717) is 56.6 Å². The van der Waals surface area contributed by atoms with Gasteiger partial charge in [0.05, 0.1) is 37.5 Å². The topological polar surface area (TPSA) is 105 Å². The number of carbonyl (C=O) groups is 1. The minimum atomic E-state index is -0.992. The highest BCUT2D eigenvalue weighted by Gasteiger charge is 2.26. The first kappa shape index (κ1) is 24.6. The summed E-state index contributed by atoms with van der Waals surface area (Å²) in [5, 5.41) is 16.1. The molecule has 35 heavy (non-hydrogen) atoms. The summed E-state index contributed by atoms with van der Waals surface area (Å²) in [5.74, 6) is -0.548. The number of carboxylic acid groups (broad SMARTS) is 1. The molecule has 10 nitrogen and oxygen atoms in total. The Morgan fingerprint density at radius 1 is 1.31 bits per heavy atom. The van der Waals surface area contributed by atoms with Gasteiger partial charge in [0.25, 0.3) is 0 Å². The molecule has 1 aromatic carbocycles. The largest absolute Gasteiger partial charge is 0.480 e. The molecule has 1 atom stereocenters. The second-order valence-electron chi connectivity index (χ2n) is 8.62. The van der Waals surface area contributed by atoms with Gasteiger partial charge >= 0.3 is 5.97 Å². The highest BCUT2D eigenvalue weighted by Crippen LogP contribution is 2.31. The van der Waals surface area contributed by atoms with Crippen LogP contribution in [0.4, 0.5) is 11.5 Å². The third kappa shape index (κ3) is 5.44. The zero-order valence-corrected chi connectivity index (χ0v) is 20.6. The molecule has 0 bridgehead atoms. The zero-order valence-electron chi connectivity index (χ0n) is 20.6. The van der Waals surface area contributed by atoms with Gasteiger partial charge in [-0.15, -0.1) is 0 Å². The summed E-state index contributed by atoms with van der Waals surface area (Å²) in [6.45, 7) is 9.23. The smallest absolute Gasteiger partial charge is 0.328 e. The molecular weight excluding hydrogens is 448 g/mol. The fraction of sp³-hybridized carbons (Fsp3) is 0.440. The Labute approximate surface area is 204 Å². The fourth-order valence-electron chi connectivity index (χ4n) is 4.05. The summed E-state index contributed by atoms with van der Waals surface area (Å²) in [7, 11) is 1.65. The summed E-state index contributed by atoms with van der Waals surface area (Å²) in [6, 6.07) is 8.91. The lowest BCUT2D eigenvalue weighted by atomic mass is 10.1. The van der Waals surface area contributed by atoms with Crippen LogP contribution in [0.2, 0.25) is 0 Å². The van der Waals surface area contributed by atoms with E-state index in [4.69, 9.17) is 19.6 Å². The van der Waals surface area contributed by atoms with Crippen LogP contribution in [0.25, 0.3) is 11.2 Å². The molecule has 1 aliphatic rings. The fourth-order valence-corrected chi connectivity index (χ4v) is 4.05. The van der Waals surface area contributed by atoms with Gasteiger partial charge in [0.2, 0.25) is 0 Å². The van der Waals surface area contributed by atoms with Gasteiger partial charge < -0.3 is 24.0 Å². The number of benzene rings is 1. The molecule has 4 rings (SSSR count). The maximum Gasteiger partial charge on any atom is 0.328 e. The number of methoxy groups -OCH3 is 1. The Hall–Kier alpha value is -3.50. The molecule has 0 saturated carbocycles. The van der Waals surface area contributed by atoms with Crippen molar-refractivity contribution in [2.45, 2.75) is 33.4 Å². The number of aromatic nitrogens is 3. The summed E-state index contributed by atoms with van der Waals surface area (Å²) in [5.41, 5.74) is 5.03. The van der Waals surface area contributed by atoms with Gasteiger partial charge in [0.1, 0.15) is 11.6 Å². The lowest BCUT2D eigenvalue weighted by Crippen LogP contribution is -2.38. The number of rotatable bonds is 9. The number of ether oxygens (including phenoxy) is 2. The molecular formula is C25H32N6O4. The van der Waals surface area contributed by atoms with Crippen LogP contribution >= 0.6 is 0 Å². The number of imidazole rings is 1. The average molecular weight is 481 g/mol. The van der Waals surface area contributed by atoms with E-state index in [-0.39, 0.29) is 0 Å². The molecule has 1 fully saturated rings. The van der Waals surface area contributed by atoms with Crippen molar-refractivity contribution in [3.63, 3.8) is 0 Å². The number of hydrazone groups is 1. The Bertz CT molecular complexity index is 1220. The standard InChI is InChI=1S/C25H32N6O4/c1-17-6-5-7-20(14-17)18(2)28-31(19(3)25(32)33)22-15-21(29-9-12-35-13-10-29)23-24(27-22)30(16-26-23)8-11-34-4/h5-7,14-16,19H,8-13H2,1-4H3,(H,32,33)/b28-18+. The van der Waals surface area contributed by atoms with Gasteiger partial charge in [-0.1, -0.05) is 29.8 Å². The molecule has 0 amide bonds. The van der Waals surface area contributed by atoms with Crippen molar-refractivity contribution < 1.29 is 19.4 Å². The second kappa shape index (κ2) is 10.8. The van der Waals surface area contributed by atoms with Crippen LogP contribution < -0.4 is 9.91 Å². The van der Waals surface area contributed by atoms with Crippen LogP contribution in [0.15, 0.2) is 41.8 Å². The lowest BCUT2D eigenvalue weighted by Gasteiger charge is -2.30. The number of hydrogen-bond donors (Lipinski definition) is 1. The van der Waals surface area contributed by atoms with E-state index in [1.54, 1.807) is 20.4 Å².